The van der Waals surface area contributed by atoms with Crippen molar-refractivity contribution in [2.45, 2.75) is 92.4 Å². The molecule has 0 unspecified atom stereocenters. The number of carbonyl (C=O) groups excluding carboxylic acids is 4. The minimum atomic E-state index is -0.493. The maximum Gasteiger partial charge on any atom is 0.237 e. The molecule has 0 aliphatic heterocycles. The van der Waals surface area contributed by atoms with Crippen LogP contribution in [0.2, 0.25) is 0 Å². The molecule has 7 nitrogen and oxygen atoms in total. The molecule has 3 amide bonds. The van der Waals surface area contributed by atoms with Crippen molar-refractivity contribution in [3.63, 3.8) is 0 Å². The molecule has 0 saturated heterocycles. The summed E-state index contributed by atoms with van der Waals surface area (Å²) in [5.74, 6) is 0.210. The number of Topliss-reactive ketones (excluding diaryl/α,β-unsaturated/α-hetero) is 1. The van der Waals surface area contributed by atoms with Crippen LogP contribution in [0.1, 0.15) is 95.3 Å². The van der Waals surface area contributed by atoms with Crippen LogP contribution in [0.15, 0.2) is 0 Å². The number of nitrogens with two attached hydrogens (primary N) is 1. The van der Waals surface area contributed by atoms with Gasteiger partial charge in [-0.3, -0.25) is 14.4 Å². The van der Waals surface area contributed by atoms with Gasteiger partial charge in [0, 0.05) is 36.2 Å². The molecule has 1 aliphatic rings. The average molecular weight is 420 g/mol. The largest absolute Gasteiger partial charge is 0.368 e. The molecule has 1 aliphatic carbocycles. The van der Waals surface area contributed by atoms with Gasteiger partial charge < -0.3 is 20.7 Å². The number of ketones is 1. The molecule has 0 bridgehead atoms. The van der Waals surface area contributed by atoms with Crippen LogP contribution in [0.5, 0.6) is 0 Å². The third-order valence-corrected chi connectivity index (χ3v) is 4.04. The van der Waals surface area contributed by atoms with Gasteiger partial charge in [0.2, 0.25) is 17.7 Å². The fourth-order valence-corrected chi connectivity index (χ4v) is 2.34. The van der Waals surface area contributed by atoms with Crippen molar-refractivity contribution in [3.05, 3.63) is 0 Å². The van der Waals surface area contributed by atoms with E-state index in [4.69, 9.17) is 5.73 Å². The molecule has 7 heteroatoms. The molecule has 0 aromatic rings. The highest BCUT2D eigenvalue weighted by Gasteiger charge is 2.19. The number of amides is 3. The van der Waals surface area contributed by atoms with E-state index in [0.717, 1.165) is 32.1 Å². The number of hydrogen-bond donors (Lipinski definition) is 2. The van der Waals surface area contributed by atoms with Crippen molar-refractivity contribution in [1.82, 2.24) is 10.2 Å². The molecular formula is C22H49N3O4. The van der Waals surface area contributed by atoms with Gasteiger partial charge in [-0.2, -0.15) is 0 Å². The highest BCUT2D eigenvalue weighted by molar-refractivity contribution is 5.82. The summed E-state index contributed by atoms with van der Waals surface area (Å²) in [6.45, 7) is 9.34. The molecule has 1 rings (SSSR count). The van der Waals surface area contributed by atoms with E-state index in [-0.39, 0.29) is 21.2 Å². The SMILES string of the molecule is CC(=O)N(C)CC(N)=O.CCC.CCCCC(C)=O.CNC(=O)C1CCCCC1.[HH].[HH]. The van der Waals surface area contributed by atoms with Crippen LogP contribution >= 0.6 is 0 Å². The predicted molar refractivity (Wildman–Crippen MR) is 124 cm³/mol. The maximum absolute atomic E-state index is 11.1. The van der Waals surface area contributed by atoms with E-state index in [9.17, 15) is 19.2 Å². The summed E-state index contributed by atoms with van der Waals surface area (Å²) in [5.41, 5.74) is 4.80. The second-order valence-electron chi connectivity index (χ2n) is 7.30. The first-order valence-electron chi connectivity index (χ1n) is 10.8. The summed E-state index contributed by atoms with van der Waals surface area (Å²) >= 11 is 0. The van der Waals surface area contributed by atoms with E-state index in [1.165, 1.54) is 44.6 Å². The molecule has 3 N–H and O–H groups in total. The summed E-state index contributed by atoms with van der Waals surface area (Å²) in [5, 5.41) is 2.70. The molecule has 0 atom stereocenters. The lowest BCUT2D eigenvalue weighted by atomic mass is 9.89. The van der Waals surface area contributed by atoms with Crippen molar-refractivity contribution in [3.8, 4) is 0 Å². The summed E-state index contributed by atoms with van der Waals surface area (Å²) in [6, 6.07) is 0. The van der Waals surface area contributed by atoms with Gasteiger partial charge in [0.25, 0.3) is 0 Å². The van der Waals surface area contributed by atoms with Gasteiger partial charge >= 0.3 is 0 Å². The van der Waals surface area contributed by atoms with Crippen molar-refractivity contribution >= 4 is 23.5 Å². The van der Waals surface area contributed by atoms with Crippen LogP contribution in [0, 0.1) is 5.92 Å². The number of primary amides is 1. The summed E-state index contributed by atoms with van der Waals surface area (Å²) in [7, 11) is 3.24. The molecule has 0 heterocycles. The minimum Gasteiger partial charge on any atom is -0.368 e. The average Bonchev–Trinajstić information content (AvgIpc) is 2.67. The summed E-state index contributed by atoms with van der Waals surface area (Å²) in [6.07, 6.45) is 10.2. The highest BCUT2D eigenvalue weighted by atomic mass is 16.2. The van der Waals surface area contributed by atoms with Crippen LogP contribution in [-0.2, 0) is 19.2 Å². The van der Waals surface area contributed by atoms with Crippen LogP contribution in [0.4, 0.5) is 0 Å². The monoisotopic (exact) mass is 419 g/mol. The number of rotatable bonds is 6. The smallest absolute Gasteiger partial charge is 0.237 e. The topological polar surface area (TPSA) is 110 Å². The molecule has 29 heavy (non-hydrogen) atoms. The molecule has 1 saturated carbocycles. The van der Waals surface area contributed by atoms with E-state index in [0.29, 0.717) is 11.7 Å². The number of carbonyl (C=O) groups is 4. The Labute approximate surface area is 181 Å². The predicted octanol–water partition coefficient (Wildman–Crippen LogP) is 3.94. The lowest BCUT2D eigenvalue weighted by molar-refractivity contribution is -0.131. The van der Waals surface area contributed by atoms with E-state index in [2.05, 4.69) is 26.1 Å². The first-order valence-corrected chi connectivity index (χ1v) is 10.8. The molecule has 0 radical (unpaired) electrons. The van der Waals surface area contributed by atoms with E-state index >= 15 is 0 Å². The van der Waals surface area contributed by atoms with Gasteiger partial charge in [0.05, 0.1) is 6.54 Å². The number of likely N-dealkylation sites (N-methyl/N-ethyl adjacent to an activating group) is 1. The Hall–Kier alpha value is -1.92. The Kier molecular flexibility index (Phi) is 24.5. The lowest BCUT2D eigenvalue weighted by Crippen LogP contribution is -2.33. The molecular weight excluding hydrogens is 370 g/mol. The molecule has 1 fully saturated rings. The Bertz CT molecular complexity index is 458. The van der Waals surface area contributed by atoms with Gasteiger partial charge in [-0.1, -0.05) is 52.9 Å². The van der Waals surface area contributed by atoms with E-state index in [1.54, 1.807) is 14.0 Å². The van der Waals surface area contributed by atoms with Gasteiger partial charge in [-0.15, -0.1) is 0 Å². The quantitative estimate of drug-likeness (QED) is 0.679. The highest BCUT2D eigenvalue weighted by Crippen LogP contribution is 2.23. The number of nitrogens with zero attached hydrogens (tertiary/aromatic N) is 1. The van der Waals surface area contributed by atoms with Crippen LogP contribution < -0.4 is 11.1 Å². The maximum atomic E-state index is 11.1. The van der Waals surface area contributed by atoms with Gasteiger partial charge in [-0.05, 0) is 26.2 Å². The zero-order chi connectivity index (χ0) is 23.2. The Morgan fingerprint density at radius 2 is 1.52 bits per heavy atom. The first kappa shape index (κ1) is 31.8. The number of hydrogen-bond acceptors (Lipinski definition) is 4. The first-order chi connectivity index (χ1) is 13.6. The normalized spacial score (nSPS) is 12.5. The second kappa shape index (κ2) is 22.4. The Balaban J connectivity index is -0.000000101. The zero-order valence-electron chi connectivity index (χ0n) is 19.8. The Morgan fingerprint density at radius 3 is 1.76 bits per heavy atom. The Morgan fingerprint density at radius 1 is 1.03 bits per heavy atom. The standard InChI is InChI=1S/C8H15NO.C6H12O.C5H10N2O2.C3H8.2H2/c1-9-8(10)7-5-3-2-4-6-7;1-3-4-5-6(2)7;1-4(8)7(2)3-5(6)9;1-3-2;;/h7H,2-6H2,1H3,(H,9,10);3-5H2,1-2H3;3H2,1-2H3,(H2,6,9);3H2,1-2H3;2*1H. The van der Waals surface area contributed by atoms with Crippen molar-refractivity contribution in [1.29, 1.82) is 0 Å². The van der Waals surface area contributed by atoms with Crippen LogP contribution in [0.25, 0.3) is 0 Å². The fourth-order valence-electron chi connectivity index (χ4n) is 2.34. The number of nitrogens with one attached hydrogen (secondary N) is 1. The summed E-state index contributed by atoms with van der Waals surface area (Å²) in [4.78, 5) is 43.1. The van der Waals surface area contributed by atoms with Gasteiger partial charge in [0.1, 0.15) is 5.78 Å². The third-order valence-electron chi connectivity index (χ3n) is 4.04. The summed E-state index contributed by atoms with van der Waals surface area (Å²) < 4.78 is 0. The molecule has 0 aromatic heterocycles. The zero-order valence-corrected chi connectivity index (χ0v) is 19.8. The van der Waals surface area contributed by atoms with Gasteiger partial charge in [-0.25, -0.2) is 0 Å². The van der Waals surface area contributed by atoms with Crippen LogP contribution in [0.3, 0.4) is 0 Å². The van der Waals surface area contributed by atoms with Crippen molar-refractivity contribution < 1.29 is 22.0 Å². The molecule has 176 valence electrons. The second-order valence-corrected chi connectivity index (χ2v) is 7.30. The molecule has 0 aromatic carbocycles. The fraction of sp³-hybridized carbons (Fsp3) is 0.818. The van der Waals surface area contributed by atoms with E-state index in [1.807, 2.05) is 0 Å². The number of unbranched alkanes of at least 4 members (excludes halogenated alkanes) is 1. The van der Waals surface area contributed by atoms with Crippen molar-refractivity contribution in [2.75, 3.05) is 20.6 Å². The molecule has 0 spiro atoms. The minimum absolute atomic E-state index is 0. The van der Waals surface area contributed by atoms with Crippen LogP contribution in [-0.4, -0.2) is 49.0 Å². The van der Waals surface area contributed by atoms with Crippen molar-refractivity contribution in [2.24, 2.45) is 11.7 Å². The van der Waals surface area contributed by atoms with E-state index < -0.39 is 5.91 Å². The van der Waals surface area contributed by atoms with Gasteiger partial charge in [0.15, 0.2) is 0 Å². The third kappa shape index (κ3) is 26.1. The lowest BCUT2D eigenvalue weighted by Gasteiger charge is -2.19.